The topological polar surface area (TPSA) is 44.6 Å². The van der Waals surface area contributed by atoms with E-state index in [0.29, 0.717) is 18.8 Å². The Kier molecular flexibility index (Phi) is 4.80. The van der Waals surface area contributed by atoms with Crippen LogP contribution in [0.25, 0.3) is 0 Å². The van der Waals surface area contributed by atoms with Crippen LogP contribution < -0.4 is 4.90 Å². The van der Waals surface area contributed by atoms with E-state index < -0.39 is 0 Å². The van der Waals surface area contributed by atoms with Gasteiger partial charge in [0.2, 0.25) is 0 Å². The SMILES string of the molecule is CN(C(=O)N1CCN(Cc2nccn2C)CC1)c1ccc(F)cc1. The molecule has 1 aromatic carbocycles. The van der Waals surface area contributed by atoms with E-state index in [2.05, 4.69) is 9.88 Å². The Labute approximate surface area is 141 Å². The van der Waals surface area contributed by atoms with E-state index in [1.54, 1.807) is 30.3 Å². The number of piperazine rings is 1. The summed E-state index contributed by atoms with van der Waals surface area (Å²) in [6, 6.07) is 5.90. The molecule has 0 N–H and O–H groups in total. The molecule has 7 heteroatoms. The van der Waals surface area contributed by atoms with Crippen molar-refractivity contribution in [3.05, 3.63) is 48.3 Å². The van der Waals surface area contributed by atoms with E-state index in [4.69, 9.17) is 0 Å². The number of halogens is 1. The third kappa shape index (κ3) is 3.56. The number of amides is 2. The average molecular weight is 331 g/mol. The number of imidazole rings is 1. The second kappa shape index (κ2) is 7.00. The molecule has 24 heavy (non-hydrogen) atoms. The minimum absolute atomic E-state index is 0.0572. The van der Waals surface area contributed by atoms with E-state index in [1.807, 2.05) is 22.7 Å². The van der Waals surface area contributed by atoms with Crippen molar-refractivity contribution in [2.75, 3.05) is 38.1 Å². The van der Waals surface area contributed by atoms with Crippen LogP contribution in [-0.2, 0) is 13.6 Å². The molecular weight excluding hydrogens is 309 g/mol. The zero-order chi connectivity index (χ0) is 17.1. The Bertz CT molecular complexity index is 691. The van der Waals surface area contributed by atoms with Crippen molar-refractivity contribution in [3.63, 3.8) is 0 Å². The van der Waals surface area contributed by atoms with Gasteiger partial charge in [-0.3, -0.25) is 9.80 Å². The molecule has 6 nitrogen and oxygen atoms in total. The summed E-state index contributed by atoms with van der Waals surface area (Å²) in [6.45, 7) is 3.77. The van der Waals surface area contributed by atoms with Gasteiger partial charge in [-0.1, -0.05) is 0 Å². The van der Waals surface area contributed by atoms with Gasteiger partial charge in [0.05, 0.1) is 6.54 Å². The van der Waals surface area contributed by atoms with E-state index in [0.717, 1.165) is 25.5 Å². The maximum absolute atomic E-state index is 13.0. The van der Waals surface area contributed by atoms with E-state index in [9.17, 15) is 9.18 Å². The van der Waals surface area contributed by atoms with Crippen molar-refractivity contribution in [1.29, 1.82) is 0 Å². The number of rotatable bonds is 3. The molecule has 1 aliphatic heterocycles. The molecule has 0 spiro atoms. The highest BCUT2D eigenvalue weighted by Gasteiger charge is 2.24. The van der Waals surface area contributed by atoms with Crippen LogP contribution in [0.1, 0.15) is 5.82 Å². The first-order chi connectivity index (χ1) is 11.5. The molecule has 128 valence electrons. The summed E-state index contributed by atoms with van der Waals surface area (Å²) in [4.78, 5) is 22.6. The Morgan fingerprint density at radius 2 is 1.88 bits per heavy atom. The second-order valence-electron chi connectivity index (χ2n) is 6.04. The molecule has 1 aromatic heterocycles. The zero-order valence-corrected chi connectivity index (χ0v) is 14.0. The molecule has 1 saturated heterocycles. The molecule has 0 saturated carbocycles. The number of aromatic nitrogens is 2. The van der Waals surface area contributed by atoms with Crippen LogP contribution in [0.4, 0.5) is 14.9 Å². The number of hydrogen-bond acceptors (Lipinski definition) is 3. The fourth-order valence-corrected chi connectivity index (χ4v) is 2.83. The summed E-state index contributed by atoms with van der Waals surface area (Å²) in [5, 5.41) is 0. The summed E-state index contributed by atoms with van der Waals surface area (Å²) in [5.41, 5.74) is 0.692. The Balaban J connectivity index is 1.55. The molecule has 3 rings (SSSR count). The third-order valence-corrected chi connectivity index (χ3v) is 4.43. The first-order valence-electron chi connectivity index (χ1n) is 8.01. The first kappa shape index (κ1) is 16.4. The van der Waals surface area contributed by atoms with Crippen LogP contribution in [0, 0.1) is 5.82 Å². The summed E-state index contributed by atoms with van der Waals surface area (Å²) in [7, 11) is 3.70. The van der Waals surface area contributed by atoms with Crippen molar-refractivity contribution in [1.82, 2.24) is 19.4 Å². The lowest BCUT2D eigenvalue weighted by Crippen LogP contribution is -2.52. The molecule has 0 unspecified atom stereocenters. The first-order valence-corrected chi connectivity index (χ1v) is 8.01. The van der Waals surface area contributed by atoms with Crippen molar-refractivity contribution >= 4 is 11.7 Å². The van der Waals surface area contributed by atoms with Gasteiger partial charge in [-0.25, -0.2) is 14.2 Å². The van der Waals surface area contributed by atoms with Gasteiger partial charge < -0.3 is 9.47 Å². The molecular formula is C17H22FN5O. The van der Waals surface area contributed by atoms with Gasteiger partial charge in [-0.15, -0.1) is 0 Å². The fourth-order valence-electron chi connectivity index (χ4n) is 2.83. The molecule has 1 fully saturated rings. The standard InChI is InChI=1S/C17H22FN5O/c1-20-8-7-19-16(20)13-22-9-11-23(12-10-22)17(24)21(2)15-5-3-14(18)4-6-15/h3-8H,9-13H2,1-2H3. The van der Waals surface area contributed by atoms with Gasteiger partial charge in [0.1, 0.15) is 11.6 Å². The highest BCUT2D eigenvalue weighted by atomic mass is 19.1. The van der Waals surface area contributed by atoms with Crippen molar-refractivity contribution < 1.29 is 9.18 Å². The molecule has 0 atom stereocenters. The molecule has 2 amide bonds. The van der Waals surface area contributed by atoms with Gasteiger partial charge >= 0.3 is 6.03 Å². The lowest BCUT2D eigenvalue weighted by Gasteiger charge is -2.36. The minimum Gasteiger partial charge on any atom is -0.337 e. The summed E-state index contributed by atoms with van der Waals surface area (Å²) in [6.07, 6.45) is 3.74. The predicted molar refractivity (Wildman–Crippen MR) is 90.3 cm³/mol. The Morgan fingerprint density at radius 1 is 1.21 bits per heavy atom. The van der Waals surface area contributed by atoms with Crippen LogP contribution in [0.3, 0.4) is 0 Å². The maximum Gasteiger partial charge on any atom is 0.324 e. The minimum atomic E-state index is -0.303. The third-order valence-electron chi connectivity index (χ3n) is 4.43. The van der Waals surface area contributed by atoms with Crippen molar-refractivity contribution in [2.24, 2.45) is 7.05 Å². The summed E-state index contributed by atoms with van der Waals surface area (Å²) in [5.74, 6) is 0.723. The normalized spacial score (nSPS) is 15.5. The van der Waals surface area contributed by atoms with Crippen molar-refractivity contribution in [3.8, 4) is 0 Å². The fraction of sp³-hybridized carbons (Fsp3) is 0.412. The maximum atomic E-state index is 13.0. The molecule has 2 aromatic rings. The number of urea groups is 1. The predicted octanol–water partition coefficient (Wildman–Crippen LogP) is 1.93. The van der Waals surface area contributed by atoms with Crippen LogP contribution in [0.5, 0.6) is 0 Å². The largest absolute Gasteiger partial charge is 0.337 e. The number of aryl methyl sites for hydroxylation is 1. The molecule has 1 aliphatic rings. The molecule has 0 radical (unpaired) electrons. The smallest absolute Gasteiger partial charge is 0.324 e. The van der Waals surface area contributed by atoms with Gasteiger partial charge in [0, 0.05) is 58.4 Å². The highest BCUT2D eigenvalue weighted by Crippen LogP contribution is 2.16. The number of carbonyl (C=O) groups is 1. The average Bonchev–Trinajstić information content (AvgIpc) is 3.00. The summed E-state index contributed by atoms with van der Waals surface area (Å²) < 4.78 is 15.0. The highest BCUT2D eigenvalue weighted by molar-refractivity contribution is 5.91. The number of nitrogens with zero attached hydrogens (tertiary/aromatic N) is 5. The Hall–Kier alpha value is -2.41. The quantitative estimate of drug-likeness (QED) is 0.863. The number of hydrogen-bond donors (Lipinski definition) is 0. The number of benzene rings is 1. The number of anilines is 1. The zero-order valence-electron chi connectivity index (χ0n) is 14.0. The molecule has 2 heterocycles. The van der Waals surface area contributed by atoms with Gasteiger partial charge in [-0.2, -0.15) is 0 Å². The van der Waals surface area contributed by atoms with E-state index >= 15 is 0 Å². The Morgan fingerprint density at radius 3 is 2.46 bits per heavy atom. The van der Waals surface area contributed by atoms with Crippen molar-refractivity contribution in [2.45, 2.75) is 6.54 Å². The van der Waals surface area contributed by atoms with Gasteiger partial charge in [-0.05, 0) is 24.3 Å². The van der Waals surface area contributed by atoms with Gasteiger partial charge in [0.25, 0.3) is 0 Å². The second-order valence-corrected chi connectivity index (χ2v) is 6.04. The lowest BCUT2D eigenvalue weighted by molar-refractivity contribution is 0.137. The number of carbonyl (C=O) groups excluding carboxylic acids is 1. The monoisotopic (exact) mass is 331 g/mol. The summed E-state index contributed by atoms with van der Waals surface area (Å²) >= 11 is 0. The van der Waals surface area contributed by atoms with Gasteiger partial charge in [0.15, 0.2) is 0 Å². The molecule has 0 aliphatic carbocycles. The van der Waals surface area contributed by atoms with Crippen LogP contribution in [0.15, 0.2) is 36.7 Å². The molecule has 0 bridgehead atoms. The van der Waals surface area contributed by atoms with Crippen LogP contribution in [-0.4, -0.2) is 58.6 Å². The van der Waals surface area contributed by atoms with Crippen LogP contribution in [0.2, 0.25) is 0 Å². The van der Waals surface area contributed by atoms with E-state index in [1.165, 1.54) is 12.1 Å². The lowest BCUT2D eigenvalue weighted by atomic mass is 10.3. The van der Waals surface area contributed by atoms with Crippen LogP contribution >= 0.6 is 0 Å². The van der Waals surface area contributed by atoms with E-state index in [-0.39, 0.29) is 11.8 Å².